The summed E-state index contributed by atoms with van der Waals surface area (Å²) in [5, 5.41) is 12.6. The predicted octanol–water partition coefficient (Wildman–Crippen LogP) is 1.47. The Morgan fingerprint density at radius 3 is 2.13 bits per heavy atom. The van der Waals surface area contributed by atoms with E-state index in [0.717, 1.165) is 38.9 Å². The van der Waals surface area contributed by atoms with Crippen LogP contribution in [0.4, 0.5) is 0 Å². The first-order chi connectivity index (χ1) is 7.17. The first kappa shape index (κ1) is 14.9. The van der Waals surface area contributed by atoms with E-state index in [1.54, 1.807) is 0 Å². The van der Waals surface area contributed by atoms with Gasteiger partial charge in [0.05, 0.1) is 6.61 Å². The van der Waals surface area contributed by atoms with Gasteiger partial charge >= 0.3 is 0 Å². The molecule has 0 aliphatic rings. The number of likely N-dealkylation sites (N-methyl/N-ethyl adjacent to an activating group) is 1. The third-order valence-electron chi connectivity index (χ3n) is 3.53. The molecule has 0 fully saturated rings. The van der Waals surface area contributed by atoms with Crippen LogP contribution < -0.4 is 5.32 Å². The molecule has 15 heavy (non-hydrogen) atoms. The maximum atomic E-state index is 9.38. The van der Waals surface area contributed by atoms with Crippen LogP contribution in [-0.4, -0.2) is 48.8 Å². The van der Waals surface area contributed by atoms with Crippen LogP contribution in [0.15, 0.2) is 0 Å². The minimum absolute atomic E-state index is 0.0623. The number of aliphatic hydroxyl groups excluding tert-OH is 1. The van der Waals surface area contributed by atoms with E-state index in [1.165, 1.54) is 0 Å². The first-order valence-electron chi connectivity index (χ1n) is 6.20. The Morgan fingerprint density at radius 2 is 1.80 bits per heavy atom. The highest BCUT2D eigenvalue weighted by Crippen LogP contribution is 2.16. The Bertz CT molecular complexity index is 134. The summed E-state index contributed by atoms with van der Waals surface area (Å²) < 4.78 is 0. The van der Waals surface area contributed by atoms with Gasteiger partial charge in [-0.1, -0.05) is 20.8 Å². The molecule has 0 amide bonds. The fraction of sp³-hybridized carbons (Fsp3) is 1.00. The second kappa shape index (κ2) is 8.08. The lowest BCUT2D eigenvalue weighted by molar-refractivity contribution is 0.146. The highest BCUT2D eigenvalue weighted by Gasteiger charge is 2.24. The van der Waals surface area contributed by atoms with Gasteiger partial charge in [0, 0.05) is 5.54 Å². The molecule has 2 N–H and O–H groups in total. The van der Waals surface area contributed by atoms with E-state index < -0.39 is 0 Å². The molecule has 0 aromatic carbocycles. The number of aliphatic hydroxyl groups is 1. The smallest absolute Gasteiger partial charge is 0.0613 e. The van der Waals surface area contributed by atoms with Crippen molar-refractivity contribution in [2.45, 2.75) is 45.6 Å². The van der Waals surface area contributed by atoms with Crippen LogP contribution in [0.5, 0.6) is 0 Å². The molecule has 0 saturated heterocycles. The van der Waals surface area contributed by atoms with Crippen molar-refractivity contribution in [2.24, 2.45) is 0 Å². The molecule has 0 bridgehead atoms. The maximum Gasteiger partial charge on any atom is 0.0613 e. The molecule has 1 atom stereocenters. The lowest BCUT2D eigenvalue weighted by Gasteiger charge is -2.31. The second-order valence-corrected chi connectivity index (χ2v) is 4.17. The molecule has 0 saturated carbocycles. The number of rotatable bonds is 9. The summed E-state index contributed by atoms with van der Waals surface area (Å²) in [6.45, 7) is 10.1. The Balaban J connectivity index is 3.89. The lowest BCUT2D eigenvalue weighted by atomic mass is 9.91. The van der Waals surface area contributed by atoms with Gasteiger partial charge in [0.1, 0.15) is 0 Å². The zero-order valence-corrected chi connectivity index (χ0v) is 10.8. The molecular weight excluding hydrogens is 188 g/mol. The normalized spacial score (nSPS) is 15.6. The Labute approximate surface area is 94.9 Å². The molecule has 0 aromatic heterocycles. The largest absolute Gasteiger partial charge is 0.394 e. The highest BCUT2D eigenvalue weighted by molar-refractivity contribution is 4.84. The fourth-order valence-corrected chi connectivity index (χ4v) is 1.93. The molecule has 0 aromatic rings. The van der Waals surface area contributed by atoms with Crippen LogP contribution in [-0.2, 0) is 0 Å². The van der Waals surface area contributed by atoms with Crippen LogP contribution in [0.2, 0.25) is 0 Å². The molecule has 0 aliphatic heterocycles. The van der Waals surface area contributed by atoms with Gasteiger partial charge in [0.15, 0.2) is 0 Å². The van der Waals surface area contributed by atoms with Crippen molar-refractivity contribution in [3.8, 4) is 0 Å². The van der Waals surface area contributed by atoms with Crippen molar-refractivity contribution in [3.05, 3.63) is 0 Å². The summed E-state index contributed by atoms with van der Waals surface area (Å²) in [4.78, 5) is 2.42. The molecule has 1 unspecified atom stereocenters. The SMILES string of the molecule is CCN(CC)CCCC(CC)(CO)NC. The summed E-state index contributed by atoms with van der Waals surface area (Å²) in [5.74, 6) is 0. The van der Waals surface area contributed by atoms with Gasteiger partial charge < -0.3 is 15.3 Å². The quantitative estimate of drug-likeness (QED) is 0.612. The summed E-state index contributed by atoms with van der Waals surface area (Å²) in [6, 6.07) is 0. The number of hydrogen-bond donors (Lipinski definition) is 2. The van der Waals surface area contributed by atoms with E-state index in [4.69, 9.17) is 0 Å². The van der Waals surface area contributed by atoms with Crippen molar-refractivity contribution in [2.75, 3.05) is 33.3 Å². The standard InChI is InChI=1S/C12H28N2O/c1-5-12(11-15,13-4)9-8-10-14(6-2)7-3/h13,15H,5-11H2,1-4H3. The van der Waals surface area contributed by atoms with Gasteiger partial charge in [0.2, 0.25) is 0 Å². The first-order valence-corrected chi connectivity index (χ1v) is 6.20. The lowest BCUT2D eigenvalue weighted by Crippen LogP contribution is -2.46. The molecule has 0 rings (SSSR count). The Hall–Kier alpha value is -0.120. The third-order valence-corrected chi connectivity index (χ3v) is 3.53. The summed E-state index contributed by atoms with van der Waals surface area (Å²) in [7, 11) is 1.94. The van der Waals surface area contributed by atoms with Crippen molar-refractivity contribution in [3.63, 3.8) is 0 Å². The van der Waals surface area contributed by atoms with E-state index in [9.17, 15) is 5.11 Å². The molecule has 3 nitrogen and oxygen atoms in total. The topological polar surface area (TPSA) is 35.5 Å². The minimum Gasteiger partial charge on any atom is -0.394 e. The van der Waals surface area contributed by atoms with E-state index in [2.05, 4.69) is 31.0 Å². The van der Waals surface area contributed by atoms with Crippen LogP contribution in [0.1, 0.15) is 40.0 Å². The van der Waals surface area contributed by atoms with Crippen LogP contribution in [0.3, 0.4) is 0 Å². The summed E-state index contributed by atoms with van der Waals surface area (Å²) in [5.41, 5.74) is -0.0623. The van der Waals surface area contributed by atoms with E-state index in [0.29, 0.717) is 0 Å². The monoisotopic (exact) mass is 216 g/mol. The molecule has 92 valence electrons. The van der Waals surface area contributed by atoms with Gasteiger partial charge in [0.25, 0.3) is 0 Å². The second-order valence-electron chi connectivity index (χ2n) is 4.17. The average molecular weight is 216 g/mol. The number of nitrogens with zero attached hydrogens (tertiary/aromatic N) is 1. The van der Waals surface area contributed by atoms with Crippen molar-refractivity contribution < 1.29 is 5.11 Å². The van der Waals surface area contributed by atoms with Gasteiger partial charge in [-0.25, -0.2) is 0 Å². The van der Waals surface area contributed by atoms with Crippen LogP contribution in [0.25, 0.3) is 0 Å². The van der Waals surface area contributed by atoms with Crippen molar-refractivity contribution in [1.82, 2.24) is 10.2 Å². The molecule has 0 spiro atoms. The fourth-order valence-electron chi connectivity index (χ4n) is 1.93. The van der Waals surface area contributed by atoms with Gasteiger partial charge in [-0.2, -0.15) is 0 Å². The Kier molecular flexibility index (Phi) is 8.02. The van der Waals surface area contributed by atoms with Crippen LogP contribution >= 0.6 is 0 Å². The zero-order chi connectivity index (χ0) is 11.7. The highest BCUT2D eigenvalue weighted by atomic mass is 16.3. The minimum atomic E-state index is -0.0623. The van der Waals surface area contributed by atoms with Gasteiger partial charge in [-0.05, 0) is 45.9 Å². The molecule has 0 radical (unpaired) electrons. The van der Waals surface area contributed by atoms with Crippen molar-refractivity contribution in [1.29, 1.82) is 0 Å². The van der Waals surface area contributed by atoms with Gasteiger partial charge in [-0.3, -0.25) is 0 Å². The van der Waals surface area contributed by atoms with Crippen molar-refractivity contribution >= 4 is 0 Å². The Morgan fingerprint density at radius 1 is 1.20 bits per heavy atom. The van der Waals surface area contributed by atoms with Gasteiger partial charge in [-0.15, -0.1) is 0 Å². The molecule has 0 heterocycles. The summed E-state index contributed by atoms with van der Waals surface area (Å²) in [6.07, 6.45) is 3.18. The van der Waals surface area contributed by atoms with E-state index >= 15 is 0 Å². The van der Waals surface area contributed by atoms with E-state index in [-0.39, 0.29) is 12.1 Å². The number of hydrogen-bond acceptors (Lipinski definition) is 3. The molecule has 3 heteroatoms. The molecular formula is C12H28N2O. The predicted molar refractivity (Wildman–Crippen MR) is 66.2 cm³/mol. The van der Waals surface area contributed by atoms with Crippen LogP contribution in [0, 0.1) is 0 Å². The molecule has 0 aliphatic carbocycles. The van der Waals surface area contributed by atoms with E-state index in [1.807, 2.05) is 7.05 Å². The zero-order valence-electron chi connectivity index (χ0n) is 10.8. The third kappa shape index (κ3) is 4.96. The summed E-state index contributed by atoms with van der Waals surface area (Å²) >= 11 is 0. The number of nitrogens with one attached hydrogen (secondary N) is 1. The average Bonchev–Trinajstić information content (AvgIpc) is 2.31. The maximum absolute atomic E-state index is 9.38.